The summed E-state index contributed by atoms with van der Waals surface area (Å²) >= 11 is 1.70. The summed E-state index contributed by atoms with van der Waals surface area (Å²) in [5, 5.41) is 1.00. The summed E-state index contributed by atoms with van der Waals surface area (Å²) in [5.74, 6) is 0. The van der Waals surface area contributed by atoms with Gasteiger partial charge in [0.15, 0.2) is 0 Å². The van der Waals surface area contributed by atoms with E-state index in [1.807, 2.05) is 73.0 Å². The molecule has 0 fully saturated rings. The van der Waals surface area contributed by atoms with Crippen molar-refractivity contribution < 1.29 is 0 Å². The molecule has 120 valence electrons. The van der Waals surface area contributed by atoms with Gasteiger partial charge in [0.25, 0.3) is 0 Å². The lowest BCUT2D eigenvalue weighted by Crippen LogP contribution is -1.78. The van der Waals surface area contributed by atoms with Crippen LogP contribution in [0.1, 0.15) is 5.56 Å². The maximum Gasteiger partial charge on any atom is 0.126 e. The third-order valence-electron chi connectivity index (χ3n) is 3.82. The first-order chi connectivity index (χ1) is 12.4. The summed E-state index contributed by atoms with van der Waals surface area (Å²) in [6.45, 7) is 0. The van der Waals surface area contributed by atoms with Gasteiger partial charge in [-0.1, -0.05) is 60.7 Å². The fraction of sp³-hybridized carbons (Fsp3) is 0. The van der Waals surface area contributed by atoms with E-state index in [-0.39, 0.29) is 0 Å². The molecule has 25 heavy (non-hydrogen) atoms. The van der Waals surface area contributed by atoms with Crippen LogP contribution in [-0.2, 0) is 0 Å². The monoisotopic (exact) mass is 340 g/mol. The number of nitrogens with zero attached hydrogens (tertiary/aromatic N) is 2. The molecular weight excluding hydrogens is 324 g/mol. The maximum absolute atomic E-state index is 4.75. The van der Waals surface area contributed by atoms with Crippen LogP contribution >= 0.6 is 11.3 Å². The second-order valence-electron chi connectivity index (χ2n) is 5.55. The predicted molar refractivity (Wildman–Crippen MR) is 109 cm³/mol. The average molecular weight is 340 g/mol. The molecule has 3 aromatic carbocycles. The summed E-state index contributed by atoms with van der Waals surface area (Å²) < 4.78 is 1.19. The number of para-hydroxylation sites is 2. The first-order valence-corrected chi connectivity index (χ1v) is 8.92. The Morgan fingerprint density at radius 2 is 1.56 bits per heavy atom. The number of thiazole rings is 1. The molecule has 4 rings (SSSR count). The number of rotatable bonds is 4. The van der Waals surface area contributed by atoms with E-state index in [1.54, 1.807) is 11.3 Å². The minimum atomic E-state index is 0.930. The van der Waals surface area contributed by atoms with Crippen LogP contribution in [0.25, 0.3) is 26.9 Å². The number of fused-ring (bicyclic) bond motifs is 1. The Bertz CT molecular complexity index is 1010. The standard InChI is InChI=1S/C22H16N2S/c1-2-9-17(10-3-1)11-8-16-23-19-13-5-4-12-18(19)22-24-20-14-6-7-15-21(20)25-22/h1-16H/b11-8+,23-16?. The van der Waals surface area contributed by atoms with Gasteiger partial charge in [0.1, 0.15) is 5.01 Å². The highest BCUT2D eigenvalue weighted by atomic mass is 32.1. The van der Waals surface area contributed by atoms with Crippen LogP contribution in [0.15, 0.2) is 89.9 Å². The van der Waals surface area contributed by atoms with Gasteiger partial charge < -0.3 is 0 Å². The van der Waals surface area contributed by atoms with Gasteiger partial charge in [-0.15, -0.1) is 11.3 Å². The van der Waals surface area contributed by atoms with Crippen molar-refractivity contribution >= 4 is 39.5 Å². The van der Waals surface area contributed by atoms with Crippen molar-refractivity contribution in [2.24, 2.45) is 4.99 Å². The molecule has 0 saturated carbocycles. The van der Waals surface area contributed by atoms with Gasteiger partial charge in [-0.25, -0.2) is 4.98 Å². The van der Waals surface area contributed by atoms with Crippen LogP contribution < -0.4 is 0 Å². The second kappa shape index (κ2) is 7.24. The Hall–Kier alpha value is -3.04. The molecule has 0 spiro atoms. The lowest BCUT2D eigenvalue weighted by Gasteiger charge is -2.00. The van der Waals surface area contributed by atoms with E-state index < -0.39 is 0 Å². The van der Waals surface area contributed by atoms with Crippen molar-refractivity contribution in [2.45, 2.75) is 0 Å². The molecular formula is C22H16N2S. The molecule has 0 aliphatic heterocycles. The number of hydrogen-bond acceptors (Lipinski definition) is 3. The zero-order valence-electron chi connectivity index (χ0n) is 13.5. The quantitative estimate of drug-likeness (QED) is 0.396. The van der Waals surface area contributed by atoms with Crippen molar-refractivity contribution in [3.05, 3.63) is 90.5 Å². The van der Waals surface area contributed by atoms with E-state index in [1.165, 1.54) is 4.70 Å². The molecule has 0 atom stereocenters. The number of hydrogen-bond donors (Lipinski definition) is 0. The largest absolute Gasteiger partial charge is 0.256 e. The van der Waals surface area contributed by atoms with E-state index in [0.29, 0.717) is 0 Å². The molecule has 3 heteroatoms. The summed E-state index contributed by atoms with van der Waals surface area (Å²) in [6.07, 6.45) is 5.84. The molecule has 0 aliphatic carbocycles. The van der Waals surface area contributed by atoms with E-state index in [0.717, 1.165) is 27.3 Å². The lowest BCUT2D eigenvalue weighted by atomic mass is 10.2. The molecule has 0 aliphatic rings. The normalized spacial score (nSPS) is 11.7. The number of aromatic nitrogens is 1. The van der Waals surface area contributed by atoms with E-state index >= 15 is 0 Å². The van der Waals surface area contributed by atoms with Crippen molar-refractivity contribution in [1.29, 1.82) is 0 Å². The smallest absolute Gasteiger partial charge is 0.126 e. The molecule has 2 nitrogen and oxygen atoms in total. The Labute approximate surface area is 150 Å². The minimum absolute atomic E-state index is 0.930. The predicted octanol–water partition coefficient (Wildman–Crippen LogP) is 6.38. The Morgan fingerprint density at radius 1 is 0.800 bits per heavy atom. The third kappa shape index (κ3) is 3.57. The van der Waals surface area contributed by atoms with Gasteiger partial charge in [0.05, 0.1) is 15.9 Å². The zero-order chi connectivity index (χ0) is 16.9. The Balaban J connectivity index is 1.63. The molecule has 0 bridgehead atoms. The first kappa shape index (κ1) is 15.5. The fourth-order valence-corrected chi connectivity index (χ4v) is 3.60. The third-order valence-corrected chi connectivity index (χ3v) is 4.89. The molecule has 0 radical (unpaired) electrons. The van der Waals surface area contributed by atoms with Crippen molar-refractivity contribution in [3.63, 3.8) is 0 Å². The van der Waals surface area contributed by atoms with Gasteiger partial charge >= 0.3 is 0 Å². The van der Waals surface area contributed by atoms with Gasteiger partial charge in [-0.2, -0.15) is 0 Å². The van der Waals surface area contributed by atoms with Crippen molar-refractivity contribution in [1.82, 2.24) is 4.98 Å². The number of benzene rings is 3. The highest BCUT2D eigenvalue weighted by Gasteiger charge is 2.09. The highest BCUT2D eigenvalue weighted by molar-refractivity contribution is 7.21. The van der Waals surface area contributed by atoms with Crippen LogP contribution in [0.5, 0.6) is 0 Å². The van der Waals surface area contributed by atoms with Gasteiger partial charge in [-0.3, -0.25) is 4.99 Å². The Morgan fingerprint density at radius 3 is 2.44 bits per heavy atom. The lowest BCUT2D eigenvalue weighted by molar-refractivity contribution is 1.45. The highest BCUT2D eigenvalue weighted by Crippen LogP contribution is 2.35. The second-order valence-corrected chi connectivity index (χ2v) is 6.58. The van der Waals surface area contributed by atoms with Crippen LogP contribution in [0, 0.1) is 0 Å². The number of allylic oxidation sites excluding steroid dienone is 1. The number of aliphatic imine (C=N–C) groups is 1. The molecule has 0 saturated heterocycles. The molecule has 0 unspecified atom stereocenters. The minimum Gasteiger partial charge on any atom is -0.256 e. The summed E-state index contributed by atoms with van der Waals surface area (Å²) in [7, 11) is 0. The van der Waals surface area contributed by atoms with Crippen molar-refractivity contribution in [3.8, 4) is 10.6 Å². The first-order valence-electron chi connectivity index (χ1n) is 8.11. The molecule has 1 aromatic heterocycles. The molecule has 4 aromatic rings. The fourth-order valence-electron chi connectivity index (χ4n) is 2.60. The average Bonchev–Trinajstić information content (AvgIpc) is 3.10. The van der Waals surface area contributed by atoms with Crippen LogP contribution in [0.4, 0.5) is 5.69 Å². The Kier molecular flexibility index (Phi) is 4.49. The SMILES string of the molecule is C(/C=C/c1ccccc1)=Nc1ccccc1-c1nc2ccccc2s1. The summed E-state index contributed by atoms with van der Waals surface area (Å²) in [6, 6.07) is 26.5. The maximum atomic E-state index is 4.75. The zero-order valence-corrected chi connectivity index (χ0v) is 14.4. The van der Waals surface area contributed by atoms with Crippen molar-refractivity contribution in [2.75, 3.05) is 0 Å². The van der Waals surface area contributed by atoms with E-state index in [9.17, 15) is 0 Å². The molecule has 1 heterocycles. The van der Waals surface area contributed by atoms with Gasteiger partial charge in [0, 0.05) is 11.8 Å². The topological polar surface area (TPSA) is 25.2 Å². The van der Waals surface area contributed by atoms with E-state index in [4.69, 9.17) is 4.98 Å². The van der Waals surface area contributed by atoms with Crippen LogP contribution in [-0.4, -0.2) is 11.2 Å². The van der Waals surface area contributed by atoms with Gasteiger partial charge in [0.2, 0.25) is 0 Å². The van der Waals surface area contributed by atoms with Crippen LogP contribution in [0.2, 0.25) is 0 Å². The van der Waals surface area contributed by atoms with Crippen LogP contribution in [0.3, 0.4) is 0 Å². The van der Waals surface area contributed by atoms with E-state index in [2.05, 4.69) is 29.3 Å². The molecule has 0 N–H and O–H groups in total. The summed E-state index contributed by atoms with van der Waals surface area (Å²) in [4.78, 5) is 9.37. The molecule has 0 amide bonds. The van der Waals surface area contributed by atoms with Gasteiger partial charge in [-0.05, 0) is 35.9 Å². The summed E-state index contributed by atoms with van der Waals surface area (Å²) in [5.41, 5.74) is 4.19.